The van der Waals surface area contributed by atoms with Gasteiger partial charge in [-0.25, -0.2) is 18.9 Å². The number of hydrogen-bond acceptors (Lipinski definition) is 8. The van der Waals surface area contributed by atoms with Crippen LogP contribution >= 0.6 is 23.2 Å². The SMILES string of the molecule is CC(C)=C1OC(=O)N(c2cc(OC3CCCC3)c(Cl)cc2F)C1=O.O=C(O)c1cc(Oc2ccc(C(F)(F)F)cc2Cl)ccc1[N+](=O)[O-]. The maximum Gasteiger partial charge on any atom is 0.427 e. The Hall–Kier alpha value is -4.89. The molecule has 2 aliphatic rings. The number of carbonyl (C=O) groups is 3. The van der Waals surface area contributed by atoms with E-state index in [0.717, 1.165) is 62.1 Å². The maximum atomic E-state index is 14.3. The number of halogens is 6. The molecule has 3 aromatic carbocycles. The van der Waals surface area contributed by atoms with Gasteiger partial charge in [0.1, 0.15) is 28.6 Å². The normalized spacial score (nSPS) is 14.8. The number of nitro benzene ring substituents is 1. The van der Waals surface area contributed by atoms with Gasteiger partial charge >= 0.3 is 24.1 Å². The molecule has 0 bridgehead atoms. The van der Waals surface area contributed by atoms with E-state index in [4.69, 9.17) is 42.5 Å². The lowest BCUT2D eigenvalue weighted by molar-refractivity contribution is -0.385. The molecule has 1 aliphatic heterocycles. The summed E-state index contributed by atoms with van der Waals surface area (Å²) in [6.45, 7) is 3.27. The Morgan fingerprint density at radius 2 is 1.67 bits per heavy atom. The second kappa shape index (κ2) is 14.5. The zero-order chi connectivity index (χ0) is 35.5. The zero-order valence-corrected chi connectivity index (χ0v) is 26.4. The van der Waals surface area contributed by atoms with Crippen LogP contribution in [-0.2, 0) is 15.7 Å². The number of rotatable bonds is 7. The summed E-state index contributed by atoms with van der Waals surface area (Å²) < 4.78 is 68.0. The van der Waals surface area contributed by atoms with Gasteiger partial charge < -0.3 is 19.3 Å². The first-order chi connectivity index (χ1) is 22.5. The average molecular weight is 715 g/mol. The van der Waals surface area contributed by atoms with Crippen LogP contribution in [0.1, 0.15) is 55.5 Å². The molecule has 0 radical (unpaired) electrons. The third-order valence-corrected chi connectivity index (χ3v) is 7.53. The van der Waals surface area contributed by atoms with Gasteiger partial charge in [0.25, 0.3) is 5.69 Å². The Morgan fingerprint density at radius 1 is 1.02 bits per heavy atom. The largest absolute Gasteiger partial charge is 0.489 e. The van der Waals surface area contributed by atoms with Crippen molar-refractivity contribution in [3.8, 4) is 17.2 Å². The minimum atomic E-state index is -4.58. The van der Waals surface area contributed by atoms with Gasteiger partial charge in [0, 0.05) is 18.2 Å². The van der Waals surface area contributed by atoms with E-state index in [9.17, 15) is 42.1 Å². The number of alkyl halides is 3. The highest BCUT2D eigenvalue weighted by Crippen LogP contribution is 2.39. The maximum absolute atomic E-state index is 14.3. The number of allylic oxidation sites excluding steroid dienone is 1. The van der Waals surface area contributed by atoms with Gasteiger partial charge in [-0.1, -0.05) is 23.2 Å². The number of carboxylic acid groups (broad SMARTS) is 1. The van der Waals surface area contributed by atoms with Gasteiger partial charge in [-0.05, 0) is 75.4 Å². The molecular formula is C31H24Cl2F4N2O9. The minimum absolute atomic E-state index is 0.00962. The van der Waals surface area contributed by atoms with Crippen LogP contribution in [0.3, 0.4) is 0 Å². The smallest absolute Gasteiger partial charge is 0.427 e. The Balaban J connectivity index is 0.000000217. The fraction of sp³-hybridized carbons (Fsp3) is 0.258. The molecule has 3 aromatic rings. The Kier molecular flexibility index (Phi) is 10.8. The molecule has 2 fully saturated rings. The van der Waals surface area contributed by atoms with Crippen LogP contribution in [0.15, 0.2) is 59.9 Å². The minimum Gasteiger partial charge on any atom is -0.489 e. The van der Waals surface area contributed by atoms with Crippen LogP contribution in [0.4, 0.5) is 33.7 Å². The predicted octanol–water partition coefficient (Wildman–Crippen LogP) is 9.34. The molecule has 0 aromatic heterocycles. The van der Waals surface area contributed by atoms with E-state index in [2.05, 4.69) is 0 Å². The van der Waals surface area contributed by atoms with Crippen LogP contribution in [0.2, 0.25) is 10.0 Å². The van der Waals surface area contributed by atoms with E-state index in [1.54, 1.807) is 13.8 Å². The van der Waals surface area contributed by atoms with Gasteiger partial charge in [0.2, 0.25) is 0 Å². The molecule has 2 amide bonds. The molecule has 1 heterocycles. The first kappa shape index (κ1) is 36.0. The summed E-state index contributed by atoms with van der Waals surface area (Å²) in [6.07, 6.45) is -1.58. The van der Waals surface area contributed by atoms with Crippen molar-refractivity contribution in [2.24, 2.45) is 0 Å². The number of hydrogen-bond donors (Lipinski definition) is 1. The molecule has 1 N–H and O–H groups in total. The van der Waals surface area contributed by atoms with Gasteiger partial charge in [0.05, 0.1) is 32.3 Å². The topological polar surface area (TPSA) is 146 Å². The van der Waals surface area contributed by atoms with Crippen molar-refractivity contribution in [3.63, 3.8) is 0 Å². The fourth-order valence-corrected chi connectivity index (χ4v) is 5.06. The zero-order valence-electron chi connectivity index (χ0n) is 24.9. The number of cyclic esters (lactones) is 1. The summed E-state index contributed by atoms with van der Waals surface area (Å²) in [5, 5.41) is 19.5. The van der Waals surface area contributed by atoms with Gasteiger partial charge in [-0.15, -0.1) is 0 Å². The summed E-state index contributed by atoms with van der Waals surface area (Å²) in [6, 6.07) is 7.59. The van der Waals surface area contributed by atoms with Crippen molar-refractivity contribution >= 4 is 52.5 Å². The number of amides is 2. The number of carboxylic acids is 1. The van der Waals surface area contributed by atoms with Gasteiger partial charge in [-0.2, -0.15) is 13.2 Å². The molecule has 0 spiro atoms. The number of nitro groups is 1. The van der Waals surface area contributed by atoms with E-state index in [-0.39, 0.29) is 44.8 Å². The Morgan fingerprint density at radius 3 is 2.21 bits per heavy atom. The third kappa shape index (κ3) is 8.15. The second-order valence-electron chi connectivity index (χ2n) is 10.6. The van der Waals surface area contributed by atoms with E-state index >= 15 is 0 Å². The molecule has 1 saturated carbocycles. The number of nitrogens with zero attached hydrogens (tertiary/aromatic N) is 2. The van der Waals surface area contributed by atoms with Crippen molar-refractivity contribution in [2.75, 3.05) is 4.90 Å². The standard InChI is InChI=1S/C17H17ClFNO4.C14H7ClF3NO5/c1-9(2)15-16(21)20(17(22)24-15)13-8-14(11(18)7-12(13)19)23-10-5-3-4-6-10;15-10-5-7(14(16,17)18)1-4-12(10)24-8-2-3-11(19(22)23)9(6-8)13(20)21/h7-8,10H,3-6H2,1-2H3;1-6H,(H,20,21). The predicted molar refractivity (Wildman–Crippen MR) is 163 cm³/mol. The molecule has 11 nitrogen and oxygen atoms in total. The molecule has 48 heavy (non-hydrogen) atoms. The number of carbonyl (C=O) groups excluding carboxylic acids is 2. The summed E-state index contributed by atoms with van der Waals surface area (Å²) in [5.74, 6) is -3.16. The summed E-state index contributed by atoms with van der Waals surface area (Å²) in [4.78, 5) is 45.9. The Labute approximate surface area is 279 Å². The van der Waals surface area contributed by atoms with Crippen LogP contribution in [-0.4, -0.2) is 34.1 Å². The van der Waals surface area contributed by atoms with Crippen LogP contribution in [0, 0.1) is 15.9 Å². The van der Waals surface area contributed by atoms with Crippen molar-refractivity contribution in [2.45, 2.75) is 51.8 Å². The first-order valence-electron chi connectivity index (χ1n) is 13.9. The van der Waals surface area contributed by atoms with E-state index in [1.165, 1.54) is 6.07 Å². The molecule has 1 saturated heterocycles. The van der Waals surface area contributed by atoms with Crippen LogP contribution in [0.5, 0.6) is 17.2 Å². The number of anilines is 1. The summed E-state index contributed by atoms with van der Waals surface area (Å²) >= 11 is 11.8. The molecular weight excluding hydrogens is 691 g/mol. The third-order valence-electron chi connectivity index (χ3n) is 6.94. The van der Waals surface area contributed by atoms with E-state index in [1.807, 2.05) is 0 Å². The molecule has 17 heteroatoms. The van der Waals surface area contributed by atoms with Crippen molar-refractivity contribution < 1.29 is 56.2 Å². The van der Waals surface area contributed by atoms with Crippen LogP contribution < -0.4 is 14.4 Å². The van der Waals surface area contributed by atoms with Crippen molar-refractivity contribution in [3.05, 3.63) is 97.0 Å². The lowest BCUT2D eigenvalue weighted by Gasteiger charge is -2.18. The lowest BCUT2D eigenvalue weighted by Crippen LogP contribution is -2.29. The number of benzene rings is 3. The lowest BCUT2D eigenvalue weighted by atomic mass is 10.1. The van der Waals surface area contributed by atoms with E-state index < -0.39 is 51.7 Å². The summed E-state index contributed by atoms with van der Waals surface area (Å²) in [7, 11) is 0. The number of ether oxygens (including phenoxy) is 3. The molecule has 1 aliphatic carbocycles. The van der Waals surface area contributed by atoms with Crippen molar-refractivity contribution in [1.29, 1.82) is 0 Å². The number of imide groups is 1. The molecule has 0 unspecified atom stereocenters. The second-order valence-corrected chi connectivity index (χ2v) is 11.4. The number of aromatic carboxylic acids is 1. The van der Waals surface area contributed by atoms with Crippen LogP contribution in [0.25, 0.3) is 0 Å². The highest BCUT2D eigenvalue weighted by molar-refractivity contribution is 6.32. The highest BCUT2D eigenvalue weighted by atomic mass is 35.5. The Bertz CT molecular complexity index is 1820. The average Bonchev–Trinajstić information content (AvgIpc) is 3.62. The molecule has 0 atom stereocenters. The quantitative estimate of drug-likeness (QED) is 0.109. The first-order valence-corrected chi connectivity index (χ1v) is 14.7. The molecule has 254 valence electrons. The molecule has 5 rings (SSSR count). The van der Waals surface area contributed by atoms with Gasteiger partial charge in [0.15, 0.2) is 5.76 Å². The van der Waals surface area contributed by atoms with E-state index in [0.29, 0.717) is 16.5 Å². The van der Waals surface area contributed by atoms with Crippen molar-refractivity contribution in [1.82, 2.24) is 0 Å². The fourth-order valence-electron chi connectivity index (χ4n) is 4.65. The monoisotopic (exact) mass is 714 g/mol. The summed E-state index contributed by atoms with van der Waals surface area (Å²) in [5.41, 5.74) is -1.94. The van der Waals surface area contributed by atoms with Gasteiger partial charge in [-0.3, -0.25) is 14.9 Å². The highest BCUT2D eigenvalue weighted by Gasteiger charge is 2.40.